The highest BCUT2D eigenvalue weighted by Crippen LogP contribution is 2.31. The van der Waals surface area contributed by atoms with Gasteiger partial charge in [0.2, 0.25) is 10.0 Å². The summed E-state index contributed by atoms with van der Waals surface area (Å²) in [5.74, 6) is -0.551. The molecule has 3 aromatic rings. The maximum absolute atomic E-state index is 13.3. The Morgan fingerprint density at radius 1 is 0.973 bits per heavy atom. The summed E-state index contributed by atoms with van der Waals surface area (Å²) >= 11 is 0. The van der Waals surface area contributed by atoms with Gasteiger partial charge in [-0.3, -0.25) is 9.69 Å². The molecule has 0 aliphatic carbocycles. The third kappa shape index (κ3) is 6.56. The van der Waals surface area contributed by atoms with Crippen molar-refractivity contribution in [3.05, 3.63) is 89.6 Å². The molecule has 1 aliphatic heterocycles. The zero-order valence-electron chi connectivity index (χ0n) is 19.7. The van der Waals surface area contributed by atoms with E-state index in [2.05, 4.69) is 0 Å². The fraction of sp³-hybridized carbons (Fsp3) is 0.320. The normalized spacial score (nSPS) is 15.6. The molecular weight excluding hydrogens is 514 g/mol. The van der Waals surface area contributed by atoms with Crippen molar-refractivity contribution >= 4 is 15.9 Å². The van der Waals surface area contributed by atoms with Gasteiger partial charge in [-0.15, -0.1) is 0 Å². The molecule has 2 heterocycles. The summed E-state index contributed by atoms with van der Waals surface area (Å²) in [5, 5.41) is 0. The van der Waals surface area contributed by atoms with Crippen LogP contribution in [0.5, 0.6) is 0 Å². The van der Waals surface area contributed by atoms with Crippen molar-refractivity contribution in [1.82, 2.24) is 14.1 Å². The van der Waals surface area contributed by atoms with E-state index in [1.54, 1.807) is 29.2 Å². The van der Waals surface area contributed by atoms with Crippen LogP contribution < -0.4 is 0 Å². The summed E-state index contributed by atoms with van der Waals surface area (Å²) in [5.41, 5.74) is -0.284. The van der Waals surface area contributed by atoms with Gasteiger partial charge >= 0.3 is 6.18 Å². The minimum atomic E-state index is -4.64. The number of amides is 1. The second kappa shape index (κ2) is 11.0. The maximum atomic E-state index is 13.3. The monoisotopic (exact) mass is 539 g/mol. The third-order valence-corrected chi connectivity index (χ3v) is 8.02. The lowest BCUT2D eigenvalue weighted by Crippen LogP contribution is -2.50. The van der Waals surface area contributed by atoms with Crippen molar-refractivity contribution in [1.29, 1.82) is 0 Å². The Morgan fingerprint density at radius 2 is 1.68 bits per heavy atom. The Balaban J connectivity index is 1.38. The van der Waals surface area contributed by atoms with Crippen molar-refractivity contribution in [3.8, 4) is 0 Å². The first-order valence-corrected chi connectivity index (χ1v) is 12.9. The number of rotatable bonds is 8. The second-order valence-electron chi connectivity index (χ2n) is 8.60. The lowest BCUT2D eigenvalue weighted by molar-refractivity contribution is -0.137. The summed E-state index contributed by atoms with van der Waals surface area (Å²) in [6.07, 6.45) is -3.25. The molecule has 4 rings (SSSR count). The summed E-state index contributed by atoms with van der Waals surface area (Å²) in [6, 6.07) is 12.7. The number of sulfonamides is 1. The van der Waals surface area contributed by atoms with E-state index >= 15 is 0 Å². The summed E-state index contributed by atoms with van der Waals surface area (Å²) < 4.78 is 84.7. The first-order chi connectivity index (χ1) is 17.5. The Bertz CT molecular complexity index is 1300. The minimum Gasteiger partial charge on any atom is -0.459 e. The van der Waals surface area contributed by atoms with E-state index in [0.29, 0.717) is 32.2 Å². The molecule has 0 saturated carbocycles. The van der Waals surface area contributed by atoms with Crippen molar-refractivity contribution in [2.45, 2.75) is 17.6 Å². The van der Waals surface area contributed by atoms with E-state index in [1.165, 1.54) is 22.7 Å². The SMILES string of the molecule is O=C(c1ccco1)N(CCN1CCN(S(=O)(=O)c2cccc(C(F)(F)F)c2)CC1)Cc1ccc(F)cc1. The van der Waals surface area contributed by atoms with Gasteiger partial charge in [-0.25, -0.2) is 12.8 Å². The number of benzene rings is 2. The van der Waals surface area contributed by atoms with Gasteiger partial charge in [-0.1, -0.05) is 18.2 Å². The molecule has 37 heavy (non-hydrogen) atoms. The smallest absolute Gasteiger partial charge is 0.416 e. The van der Waals surface area contributed by atoms with E-state index in [1.807, 2.05) is 4.90 Å². The van der Waals surface area contributed by atoms with Crippen molar-refractivity contribution in [2.24, 2.45) is 0 Å². The molecule has 1 aliphatic rings. The van der Waals surface area contributed by atoms with Crippen LogP contribution in [0, 0.1) is 5.82 Å². The minimum absolute atomic E-state index is 0.0999. The first-order valence-electron chi connectivity index (χ1n) is 11.5. The van der Waals surface area contributed by atoms with Crippen molar-refractivity contribution < 1.29 is 35.2 Å². The molecule has 12 heteroatoms. The highest BCUT2D eigenvalue weighted by Gasteiger charge is 2.34. The zero-order chi connectivity index (χ0) is 26.6. The van der Waals surface area contributed by atoms with E-state index in [0.717, 1.165) is 23.8 Å². The van der Waals surface area contributed by atoms with Gasteiger partial charge < -0.3 is 9.32 Å². The molecule has 0 unspecified atom stereocenters. The lowest BCUT2D eigenvalue weighted by atomic mass is 10.2. The number of halogens is 4. The van der Waals surface area contributed by atoms with Gasteiger partial charge in [-0.05, 0) is 48.0 Å². The Labute approximate surface area is 211 Å². The first kappa shape index (κ1) is 26.8. The molecule has 0 spiro atoms. The molecule has 1 amide bonds. The molecule has 0 radical (unpaired) electrons. The second-order valence-corrected chi connectivity index (χ2v) is 10.5. The van der Waals surface area contributed by atoms with Crippen molar-refractivity contribution in [2.75, 3.05) is 39.3 Å². The predicted octanol–water partition coefficient (Wildman–Crippen LogP) is 4.09. The molecule has 1 fully saturated rings. The van der Waals surface area contributed by atoms with Crippen LogP contribution in [-0.4, -0.2) is 67.7 Å². The van der Waals surface area contributed by atoms with Crippen LogP contribution in [0.1, 0.15) is 21.7 Å². The standard InChI is InChI=1S/C25H25F4N3O4S/c26-21-8-6-19(7-9-21)18-31(24(33)23-5-2-16-36-23)13-10-30-11-14-32(15-12-30)37(34,35)22-4-1-3-20(17-22)25(27,28)29/h1-9,16-17H,10-15,18H2. The van der Waals surface area contributed by atoms with Gasteiger partial charge in [-0.2, -0.15) is 17.5 Å². The number of carbonyl (C=O) groups is 1. The van der Waals surface area contributed by atoms with Crippen molar-refractivity contribution in [3.63, 3.8) is 0 Å². The topological polar surface area (TPSA) is 74.1 Å². The van der Waals surface area contributed by atoms with Gasteiger partial charge in [0, 0.05) is 45.8 Å². The third-order valence-electron chi connectivity index (χ3n) is 6.12. The summed E-state index contributed by atoms with van der Waals surface area (Å²) in [4.78, 5) is 16.1. The molecule has 0 atom stereocenters. The number of hydrogen-bond donors (Lipinski definition) is 0. The molecule has 2 aromatic carbocycles. The average molecular weight is 540 g/mol. The summed E-state index contributed by atoms with van der Waals surface area (Å²) in [7, 11) is -4.09. The Hall–Kier alpha value is -3.22. The fourth-order valence-electron chi connectivity index (χ4n) is 4.06. The highest BCUT2D eigenvalue weighted by molar-refractivity contribution is 7.89. The van der Waals surface area contributed by atoms with Crippen LogP contribution in [-0.2, 0) is 22.7 Å². The molecule has 1 aromatic heterocycles. The Kier molecular flexibility index (Phi) is 8.00. The largest absolute Gasteiger partial charge is 0.459 e. The molecule has 198 valence electrons. The quantitative estimate of drug-likeness (QED) is 0.404. The zero-order valence-corrected chi connectivity index (χ0v) is 20.5. The number of nitrogens with zero attached hydrogens (tertiary/aromatic N) is 3. The summed E-state index contributed by atoms with van der Waals surface area (Å²) in [6.45, 7) is 1.85. The van der Waals surface area contributed by atoms with Crippen LogP contribution in [0.3, 0.4) is 0 Å². The van der Waals surface area contributed by atoms with Gasteiger partial charge in [0.25, 0.3) is 5.91 Å². The predicted molar refractivity (Wildman–Crippen MR) is 126 cm³/mol. The number of piperazine rings is 1. The van der Waals surface area contributed by atoms with E-state index in [-0.39, 0.29) is 37.1 Å². The Morgan fingerprint density at radius 3 is 2.30 bits per heavy atom. The number of furan rings is 1. The van der Waals surface area contributed by atoms with Crippen LogP contribution in [0.25, 0.3) is 0 Å². The molecule has 0 N–H and O–H groups in total. The van der Waals surface area contributed by atoms with Gasteiger partial charge in [0.1, 0.15) is 5.82 Å². The van der Waals surface area contributed by atoms with Gasteiger partial charge in [0.05, 0.1) is 16.7 Å². The highest BCUT2D eigenvalue weighted by atomic mass is 32.2. The van der Waals surface area contributed by atoms with E-state index < -0.39 is 26.7 Å². The van der Waals surface area contributed by atoms with E-state index in [9.17, 15) is 30.8 Å². The average Bonchev–Trinajstić information content (AvgIpc) is 3.42. The molecule has 1 saturated heterocycles. The van der Waals surface area contributed by atoms with Crippen LogP contribution >= 0.6 is 0 Å². The maximum Gasteiger partial charge on any atom is 0.416 e. The van der Waals surface area contributed by atoms with Crippen LogP contribution in [0.15, 0.2) is 76.2 Å². The molecule has 0 bridgehead atoms. The lowest BCUT2D eigenvalue weighted by Gasteiger charge is -2.35. The number of carbonyl (C=O) groups excluding carboxylic acids is 1. The van der Waals surface area contributed by atoms with Crippen LogP contribution in [0.4, 0.5) is 17.6 Å². The number of hydrogen-bond acceptors (Lipinski definition) is 5. The number of alkyl halides is 3. The van der Waals surface area contributed by atoms with E-state index in [4.69, 9.17) is 4.42 Å². The molecular formula is C25H25F4N3O4S. The fourth-order valence-corrected chi connectivity index (χ4v) is 5.52. The van der Waals surface area contributed by atoms with Crippen LogP contribution in [0.2, 0.25) is 0 Å². The molecule has 7 nitrogen and oxygen atoms in total. The van der Waals surface area contributed by atoms with Gasteiger partial charge in [0.15, 0.2) is 5.76 Å².